The highest BCUT2D eigenvalue weighted by Gasteiger charge is 2.51. The molecule has 0 bridgehead atoms. The van der Waals surface area contributed by atoms with Crippen LogP contribution < -0.4 is 16.0 Å². The van der Waals surface area contributed by atoms with Crippen LogP contribution in [0.15, 0.2) is 47.5 Å². The number of nitrogens with one attached hydrogen (secondary N) is 3. The van der Waals surface area contributed by atoms with Gasteiger partial charge in [0, 0.05) is 35.2 Å². The molecule has 11 heteroatoms. The van der Waals surface area contributed by atoms with Crippen LogP contribution in [0.2, 0.25) is 0 Å². The van der Waals surface area contributed by atoms with Crippen molar-refractivity contribution < 1.29 is 9.18 Å². The van der Waals surface area contributed by atoms with Crippen LogP contribution >= 0.6 is 22.7 Å². The molecule has 190 valence electrons. The van der Waals surface area contributed by atoms with E-state index in [1.807, 2.05) is 17.5 Å². The van der Waals surface area contributed by atoms with Gasteiger partial charge in [-0.25, -0.2) is 24.1 Å². The molecule has 1 fully saturated rings. The molecule has 2 amide bonds. The van der Waals surface area contributed by atoms with Crippen molar-refractivity contribution in [1.29, 1.82) is 0 Å². The van der Waals surface area contributed by atoms with Gasteiger partial charge >= 0.3 is 6.03 Å². The van der Waals surface area contributed by atoms with Gasteiger partial charge in [-0.1, -0.05) is 19.9 Å². The number of hydrogen-bond acceptors (Lipinski definition) is 8. The third kappa shape index (κ3) is 5.14. The summed E-state index contributed by atoms with van der Waals surface area (Å²) in [7, 11) is 0. The van der Waals surface area contributed by atoms with Gasteiger partial charge < -0.3 is 10.6 Å². The number of amides is 2. The minimum absolute atomic E-state index is 0.155. The van der Waals surface area contributed by atoms with E-state index >= 15 is 0 Å². The number of hydrogen-bond donors (Lipinski definition) is 3. The van der Waals surface area contributed by atoms with Gasteiger partial charge in [-0.05, 0) is 49.9 Å². The normalized spacial score (nSPS) is 18.6. The van der Waals surface area contributed by atoms with Crippen LogP contribution in [0.25, 0.3) is 10.2 Å². The lowest BCUT2D eigenvalue weighted by atomic mass is 9.93. The number of carbonyl (C=O) groups is 1. The van der Waals surface area contributed by atoms with Crippen molar-refractivity contribution in [2.45, 2.75) is 51.1 Å². The molecule has 0 aliphatic heterocycles. The number of thiazole rings is 1. The van der Waals surface area contributed by atoms with Crippen molar-refractivity contribution >= 4 is 49.9 Å². The fourth-order valence-electron chi connectivity index (χ4n) is 4.87. The van der Waals surface area contributed by atoms with E-state index in [0.29, 0.717) is 18.1 Å². The third-order valence-electron chi connectivity index (χ3n) is 6.77. The number of thiophene rings is 1. The van der Waals surface area contributed by atoms with Gasteiger partial charge in [0.1, 0.15) is 18.0 Å². The molecule has 2 aliphatic rings. The fraction of sp³-hybridized carbons (Fsp3) is 0.440. The van der Waals surface area contributed by atoms with Crippen molar-refractivity contribution in [1.82, 2.24) is 25.2 Å². The Hall–Kier alpha value is -2.89. The standard InChI is InChI=1S/C25H30FN7OS2/c1-3-33(4-2)25(9-10-25)18-13-16(5-6-19(18)26)31-23(34)32-24-28-14-17(36-24)7-11-27-22-21-20(8-12-35-21)29-15-30-22/h6,8,12-16H,3-5,7,9-11H2,1-2H3,(H,27,29,30)(H2,28,31,32,34). The molecule has 5 rings (SSSR count). The van der Waals surface area contributed by atoms with E-state index in [-0.39, 0.29) is 23.4 Å². The van der Waals surface area contributed by atoms with E-state index in [0.717, 1.165) is 58.8 Å². The second kappa shape index (κ2) is 10.6. The van der Waals surface area contributed by atoms with E-state index in [2.05, 4.69) is 49.6 Å². The maximum absolute atomic E-state index is 14.8. The Morgan fingerprint density at radius 1 is 1.25 bits per heavy atom. The van der Waals surface area contributed by atoms with E-state index < -0.39 is 0 Å². The van der Waals surface area contributed by atoms with E-state index in [4.69, 9.17) is 0 Å². The average Bonchev–Trinajstić information content (AvgIpc) is 3.29. The topological polar surface area (TPSA) is 95.1 Å². The fourth-order valence-corrected chi connectivity index (χ4v) is 6.49. The van der Waals surface area contributed by atoms with Crippen LogP contribution in [0.4, 0.5) is 20.1 Å². The second-order valence-corrected chi connectivity index (χ2v) is 11.0. The number of urea groups is 1. The minimum Gasteiger partial charge on any atom is -0.368 e. The molecule has 0 saturated heterocycles. The van der Waals surface area contributed by atoms with Crippen LogP contribution in [0, 0.1) is 0 Å². The van der Waals surface area contributed by atoms with Gasteiger partial charge in [0.25, 0.3) is 0 Å². The number of likely N-dealkylation sites (N-methyl/N-ethyl adjacent to an activating group) is 1. The van der Waals surface area contributed by atoms with Gasteiger partial charge in [0.15, 0.2) is 5.13 Å². The first-order chi connectivity index (χ1) is 17.5. The smallest absolute Gasteiger partial charge is 0.321 e. The zero-order valence-electron chi connectivity index (χ0n) is 20.4. The summed E-state index contributed by atoms with van der Waals surface area (Å²) in [5, 5.41) is 11.7. The predicted molar refractivity (Wildman–Crippen MR) is 144 cm³/mol. The number of fused-ring (bicyclic) bond motifs is 1. The number of halogens is 1. The highest BCUT2D eigenvalue weighted by atomic mass is 32.1. The van der Waals surface area contributed by atoms with Gasteiger partial charge in [-0.2, -0.15) is 0 Å². The summed E-state index contributed by atoms with van der Waals surface area (Å²) in [5.74, 6) is 0.675. The van der Waals surface area contributed by atoms with E-state index in [9.17, 15) is 9.18 Å². The van der Waals surface area contributed by atoms with Crippen LogP contribution in [0.5, 0.6) is 0 Å². The Bertz CT molecular complexity index is 1290. The lowest BCUT2D eigenvalue weighted by molar-refractivity contribution is 0.222. The largest absolute Gasteiger partial charge is 0.368 e. The maximum atomic E-state index is 14.8. The Labute approximate surface area is 217 Å². The SMILES string of the molecule is CCN(CC)C1(C2=CC(NC(=O)Nc3ncc(CCNc4ncnc5ccsc45)s3)CC=C2F)CC1. The van der Waals surface area contributed by atoms with Crippen molar-refractivity contribution in [2.75, 3.05) is 30.3 Å². The van der Waals surface area contributed by atoms with Crippen molar-refractivity contribution in [3.63, 3.8) is 0 Å². The van der Waals surface area contributed by atoms with Crippen molar-refractivity contribution in [2.24, 2.45) is 0 Å². The Balaban J connectivity index is 1.14. The molecule has 36 heavy (non-hydrogen) atoms. The number of aromatic nitrogens is 3. The average molecular weight is 528 g/mol. The minimum atomic E-state index is -0.334. The van der Waals surface area contributed by atoms with Gasteiger partial charge in [0.05, 0.1) is 16.3 Å². The monoisotopic (exact) mass is 527 g/mol. The molecule has 8 nitrogen and oxygen atoms in total. The summed E-state index contributed by atoms with van der Waals surface area (Å²) in [5.41, 5.74) is 1.43. The molecule has 0 radical (unpaired) electrons. The highest BCUT2D eigenvalue weighted by molar-refractivity contribution is 7.17. The zero-order valence-corrected chi connectivity index (χ0v) is 22.0. The highest BCUT2D eigenvalue weighted by Crippen LogP contribution is 2.51. The third-order valence-corrected chi connectivity index (χ3v) is 8.65. The van der Waals surface area contributed by atoms with E-state index in [1.54, 1.807) is 29.9 Å². The first kappa shape index (κ1) is 24.8. The zero-order chi connectivity index (χ0) is 25.1. The van der Waals surface area contributed by atoms with Crippen LogP contribution in [0.1, 0.15) is 38.0 Å². The first-order valence-electron chi connectivity index (χ1n) is 12.3. The molecule has 2 aliphatic carbocycles. The predicted octanol–water partition coefficient (Wildman–Crippen LogP) is 5.35. The summed E-state index contributed by atoms with van der Waals surface area (Å²) < 4.78 is 15.8. The second-order valence-electron chi connectivity index (χ2n) is 8.94. The van der Waals surface area contributed by atoms with Gasteiger partial charge in [0.2, 0.25) is 0 Å². The lowest BCUT2D eigenvalue weighted by Crippen LogP contribution is -2.42. The molecular weight excluding hydrogens is 497 g/mol. The molecule has 1 saturated carbocycles. The number of nitrogens with zero attached hydrogens (tertiary/aromatic N) is 4. The molecule has 3 heterocycles. The summed E-state index contributed by atoms with van der Waals surface area (Å²) in [6.45, 7) is 6.65. The van der Waals surface area contributed by atoms with Crippen LogP contribution in [-0.4, -0.2) is 57.1 Å². The molecule has 3 N–H and O–H groups in total. The first-order valence-corrected chi connectivity index (χ1v) is 14.0. The molecule has 3 aromatic rings. The Morgan fingerprint density at radius 3 is 2.86 bits per heavy atom. The molecular formula is C25H30FN7OS2. The van der Waals surface area contributed by atoms with Crippen LogP contribution in [-0.2, 0) is 6.42 Å². The molecule has 1 unspecified atom stereocenters. The Morgan fingerprint density at radius 2 is 2.08 bits per heavy atom. The van der Waals surface area contributed by atoms with Gasteiger partial charge in [-0.15, -0.1) is 22.7 Å². The summed E-state index contributed by atoms with van der Waals surface area (Å²) in [4.78, 5) is 28.9. The maximum Gasteiger partial charge on any atom is 0.321 e. The quantitative estimate of drug-likeness (QED) is 0.329. The summed E-state index contributed by atoms with van der Waals surface area (Å²) >= 11 is 3.05. The van der Waals surface area contributed by atoms with Gasteiger partial charge in [-0.3, -0.25) is 10.2 Å². The number of carbonyl (C=O) groups excluding carboxylic acids is 1. The molecule has 1 atom stereocenters. The summed E-state index contributed by atoms with van der Waals surface area (Å²) in [6.07, 6.45) is 9.93. The van der Waals surface area contributed by atoms with Crippen molar-refractivity contribution in [3.05, 3.63) is 52.4 Å². The van der Waals surface area contributed by atoms with Crippen molar-refractivity contribution in [3.8, 4) is 0 Å². The molecule has 3 aromatic heterocycles. The number of anilines is 2. The number of rotatable bonds is 10. The lowest BCUT2D eigenvalue weighted by Gasteiger charge is -2.33. The summed E-state index contributed by atoms with van der Waals surface area (Å²) in [6, 6.07) is 1.39. The molecule has 0 aromatic carbocycles. The van der Waals surface area contributed by atoms with Crippen LogP contribution in [0.3, 0.4) is 0 Å². The Kier molecular flexibility index (Phi) is 7.31. The van der Waals surface area contributed by atoms with E-state index in [1.165, 1.54) is 11.3 Å². The molecule has 0 spiro atoms.